The monoisotopic (exact) mass is 620 g/mol. The van der Waals surface area contributed by atoms with Crippen molar-refractivity contribution in [3.05, 3.63) is 0 Å². The first-order valence-corrected chi connectivity index (χ1v) is 13.4. The Morgan fingerprint density at radius 3 is 1.48 bits per heavy atom. The molecule has 0 aromatic heterocycles. The van der Waals surface area contributed by atoms with Crippen LogP contribution in [0.15, 0.2) is 0 Å². The molecule has 4 heterocycles. The van der Waals surface area contributed by atoms with E-state index in [4.69, 9.17) is 33.2 Å². The minimum Gasteiger partial charge on any atom is -0.394 e. The molecule has 246 valence electrons. The molecule has 0 radical (unpaired) electrons. The van der Waals surface area contributed by atoms with Crippen LogP contribution in [0.3, 0.4) is 0 Å². The van der Waals surface area contributed by atoms with E-state index in [1.165, 1.54) is 6.92 Å². The fourth-order valence-electron chi connectivity index (χ4n) is 5.18. The average Bonchev–Trinajstić information content (AvgIpc) is 2.97. The van der Waals surface area contributed by atoms with Crippen LogP contribution in [0.5, 0.6) is 0 Å². The molecule has 4 aliphatic rings. The zero-order valence-corrected chi connectivity index (χ0v) is 22.3. The predicted octanol–water partition coefficient (Wildman–Crippen LogP) is -8.08. The lowest BCUT2D eigenvalue weighted by Gasteiger charge is -2.48. The summed E-state index contributed by atoms with van der Waals surface area (Å²) in [6, 6.07) is 0. The smallest absolute Gasteiger partial charge is 0.187 e. The van der Waals surface area contributed by atoms with E-state index in [1.54, 1.807) is 0 Å². The predicted molar refractivity (Wildman–Crippen MR) is 126 cm³/mol. The Morgan fingerprint density at radius 1 is 0.524 bits per heavy atom. The van der Waals surface area contributed by atoms with E-state index < -0.39 is 137 Å². The second kappa shape index (κ2) is 14.1. The van der Waals surface area contributed by atoms with Gasteiger partial charge in [-0.25, -0.2) is 0 Å². The minimum atomic E-state index is -1.90. The molecular formula is C23H40O19. The van der Waals surface area contributed by atoms with Gasteiger partial charge in [-0.15, -0.1) is 0 Å². The van der Waals surface area contributed by atoms with Gasteiger partial charge in [0.15, 0.2) is 25.2 Å². The number of aliphatic hydroxyl groups excluding tert-OH is 12. The molecule has 0 unspecified atom stereocenters. The summed E-state index contributed by atoms with van der Waals surface area (Å²) in [6.45, 7) is -0.651. The van der Waals surface area contributed by atoms with E-state index in [2.05, 4.69) is 0 Å². The number of ether oxygens (including phenoxy) is 7. The van der Waals surface area contributed by atoms with Crippen molar-refractivity contribution in [3.63, 3.8) is 0 Å². The third-order valence-corrected chi connectivity index (χ3v) is 7.77. The first-order chi connectivity index (χ1) is 19.8. The SMILES string of the molecule is C[C@@H]1O[C@@H](O[C@@H]2[C@@H](O[C@@H]3O[C@H](CO)[C@@H](O)[C@H](O)[C@H]3O)[C@@H](O)CO[C@H]2O)[C@H](O)[C@H](O[C@@H]2O[C@H](CO)[C@@H](O)[C@H](O)[C@H]2O)[C@H]1O. The van der Waals surface area contributed by atoms with Gasteiger partial charge >= 0.3 is 0 Å². The minimum absolute atomic E-state index is 0.491. The highest BCUT2D eigenvalue weighted by molar-refractivity contribution is 4.96. The summed E-state index contributed by atoms with van der Waals surface area (Å²) >= 11 is 0. The molecule has 4 aliphatic heterocycles. The molecular weight excluding hydrogens is 580 g/mol. The maximum atomic E-state index is 11.0. The van der Waals surface area contributed by atoms with Crippen molar-refractivity contribution in [2.75, 3.05) is 19.8 Å². The third kappa shape index (κ3) is 6.74. The normalized spacial score (nSPS) is 54.1. The molecule has 4 rings (SSSR count). The van der Waals surface area contributed by atoms with Crippen molar-refractivity contribution >= 4 is 0 Å². The maximum Gasteiger partial charge on any atom is 0.187 e. The van der Waals surface area contributed by atoms with Gasteiger partial charge in [0, 0.05) is 0 Å². The van der Waals surface area contributed by atoms with Gasteiger partial charge in [0.2, 0.25) is 0 Å². The van der Waals surface area contributed by atoms with Crippen LogP contribution in [0.4, 0.5) is 0 Å². The van der Waals surface area contributed by atoms with E-state index in [9.17, 15) is 61.3 Å². The van der Waals surface area contributed by atoms with E-state index in [0.29, 0.717) is 0 Å². The first kappa shape index (κ1) is 34.1. The van der Waals surface area contributed by atoms with Gasteiger partial charge in [0.1, 0.15) is 85.5 Å². The van der Waals surface area contributed by atoms with Crippen LogP contribution in [0, 0.1) is 0 Å². The lowest BCUT2D eigenvalue weighted by atomic mass is 9.97. The van der Waals surface area contributed by atoms with Gasteiger partial charge in [0.05, 0.1) is 25.9 Å². The molecule has 0 spiro atoms. The highest BCUT2D eigenvalue weighted by Gasteiger charge is 2.53. The van der Waals surface area contributed by atoms with Crippen LogP contribution >= 0.6 is 0 Å². The Hall–Kier alpha value is -0.760. The molecule has 0 saturated carbocycles. The summed E-state index contributed by atoms with van der Waals surface area (Å²) in [5.41, 5.74) is 0. The number of rotatable bonds is 8. The second-order valence-corrected chi connectivity index (χ2v) is 10.7. The van der Waals surface area contributed by atoms with Crippen LogP contribution in [0.2, 0.25) is 0 Å². The Labute approximate surface area is 238 Å². The molecule has 0 aliphatic carbocycles. The standard InChI is InChI=1S/C23H40O19/c1-5-9(27)18(41-22-15(33)13(31)11(29)8(3-25)39-22)16(34)23(37-5)42-19-17(6(26)4-36-20(19)35)40-21-14(32)12(30)10(28)7(2-24)38-21/h5-35H,2-4H2,1H3/t5-,6-,7+,8+,9-,10+,11+,12-,13-,14+,15+,16+,17-,18+,19+,20+,21-,22-,23-/m0/s1. The molecule has 12 N–H and O–H groups in total. The van der Waals surface area contributed by atoms with Crippen LogP contribution in [0.1, 0.15) is 6.92 Å². The lowest BCUT2D eigenvalue weighted by Crippen LogP contribution is -2.66. The largest absolute Gasteiger partial charge is 0.394 e. The van der Waals surface area contributed by atoms with Gasteiger partial charge in [-0.3, -0.25) is 0 Å². The maximum absolute atomic E-state index is 11.0. The Morgan fingerprint density at radius 2 is 0.976 bits per heavy atom. The molecule has 0 amide bonds. The fourth-order valence-corrected chi connectivity index (χ4v) is 5.18. The molecule has 19 atom stereocenters. The quantitative estimate of drug-likeness (QED) is 0.120. The van der Waals surface area contributed by atoms with Crippen molar-refractivity contribution in [1.82, 2.24) is 0 Å². The van der Waals surface area contributed by atoms with Crippen LogP contribution < -0.4 is 0 Å². The molecule has 19 nitrogen and oxygen atoms in total. The first-order valence-electron chi connectivity index (χ1n) is 13.4. The summed E-state index contributed by atoms with van der Waals surface area (Å²) < 4.78 is 38.1. The van der Waals surface area contributed by atoms with Crippen molar-refractivity contribution < 1.29 is 94.4 Å². The number of aliphatic hydroxyl groups is 12. The Kier molecular flexibility index (Phi) is 11.5. The molecule has 4 saturated heterocycles. The molecule has 19 heteroatoms. The third-order valence-electron chi connectivity index (χ3n) is 7.77. The Bertz CT molecular complexity index is 851. The fraction of sp³-hybridized carbons (Fsp3) is 1.00. The average molecular weight is 621 g/mol. The highest BCUT2D eigenvalue weighted by atomic mass is 16.8. The summed E-state index contributed by atoms with van der Waals surface area (Å²) in [6.07, 6.45) is -31.5. The topological polar surface area (TPSA) is 307 Å². The number of hydrogen-bond acceptors (Lipinski definition) is 19. The van der Waals surface area contributed by atoms with Gasteiger partial charge in [-0.1, -0.05) is 0 Å². The molecule has 0 aromatic rings. The van der Waals surface area contributed by atoms with E-state index >= 15 is 0 Å². The summed E-state index contributed by atoms with van der Waals surface area (Å²) in [5.74, 6) is 0. The number of hydrogen-bond donors (Lipinski definition) is 12. The van der Waals surface area contributed by atoms with Crippen molar-refractivity contribution in [2.45, 2.75) is 124 Å². The summed E-state index contributed by atoms with van der Waals surface area (Å²) in [7, 11) is 0. The van der Waals surface area contributed by atoms with Gasteiger partial charge in [0.25, 0.3) is 0 Å². The van der Waals surface area contributed by atoms with E-state index in [-0.39, 0.29) is 0 Å². The highest BCUT2D eigenvalue weighted by Crippen LogP contribution is 2.33. The molecule has 4 fully saturated rings. The van der Waals surface area contributed by atoms with Crippen LogP contribution in [-0.2, 0) is 33.2 Å². The van der Waals surface area contributed by atoms with Crippen LogP contribution in [0.25, 0.3) is 0 Å². The van der Waals surface area contributed by atoms with Crippen molar-refractivity contribution in [3.8, 4) is 0 Å². The lowest BCUT2D eigenvalue weighted by molar-refractivity contribution is -0.388. The molecule has 0 bridgehead atoms. The molecule has 42 heavy (non-hydrogen) atoms. The van der Waals surface area contributed by atoms with Crippen molar-refractivity contribution in [2.24, 2.45) is 0 Å². The van der Waals surface area contributed by atoms with Crippen LogP contribution in [-0.4, -0.2) is 198 Å². The van der Waals surface area contributed by atoms with Crippen molar-refractivity contribution in [1.29, 1.82) is 0 Å². The van der Waals surface area contributed by atoms with Gasteiger partial charge in [-0.05, 0) is 6.92 Å². The summed E-state index contributed by atoms with van der Waals surface area (Å²) in [5, 5.41) is 122. The Balaban J connectivity index is 1.50. The second-order valence-electron chi connectivity index (χ2n) is 10.7. The van der Waals surface area contributed by atoms with Gasteiger partial charge < -0.3 is 94.4 Å². The van der Waals surface area contributed by atoms with E-state index in [1.807, 2.05) is 0 Å². The van der Waals surface area contributed by atoms with E-state index in [0.717, 1.165) is 0 Å². The zero-order valence-electron chi connectivity index (χ0n) is 22.3. The summed E-state index contributed by atoms with van der Waals surface area (Å²) in [4.78, 5) is 0. The molecule has 0 aromatic carbocycles. The van der Waals surface area contributed by atoms with Gasteiger partial charge in [-0.2, -0.15) is 0 Å². The zero-order chi connectivity index (χ0) is 31.0.